The van der Waals surface area contributed by atoms with E-state index in [9.17, 15) is 9.59 Å². The molecule has 116 valence electrons. The largest absolute Gasteiger partial charge is 0.481 e. The van der Waals surface area contributed by atoms with E-state index in [2.05, 4.69) is 5.32 Å². The van der Waals surface area contributed by atoms with Gasteiger partial charge in [0.2, 0.25) is 0 Å². The fourth-order valence-electron chi connectivity index (χ4n) is 2.02. The maximum Gasteiger partial charge on any atom is 0.317 e. The average molecular weight is 294 g/mol. The Hall–Kier alpha value is -2.08. The number of nitrogens with zero attached hydrogens (tertiary/aromatic N) is 1. The van der Waals surface area contributed by atoms with Gasteiger partial charge in [-0.05, 0) is 18.9 Å². The molecule has 1 aromatic rings. The predicted octanol–water partition coefficient (Wildman–Crippen LogP) is 1.62. The van der Waals surface area contributed by atoms with Crippen LogP contribution in [0.15, 0.2) is 30.3 Å². The molecule has 0 aromatic heterocycles. The molecule has 0 aliphatic heterocycles. The van der Waals surface area contributed by atoms with Crippen molar-refractivity contribution in [1.82, 2.24) is 10.2 Å². The molecule has 0 bridgehead atoms. The molecular formula is C15H22N2O4. The zero-order valence-corrected chi connectivity index (χ0v) is 12.2. The van der Waals surface area contributed by atoms with Crippen molar-refractivity contribution >= 4 is 12.0 Å². The number of amides is 2. The van der Waals surface area contributed by atoms with E-state index in [0.29, 0.717) is 19.5 Å². The molecular weight excluding hydrogens is 272 g/mol. The summed E-state index contributed by atoms with van der Waals surface area (Å²) in [7, 11) is 0. The van der Waals surface area contributed by atoms with Gasteiger partial charge in [-0.15, -0.1) is 0 Å². The summed E-state index contributed by atoms with van der Waals surface area (Å²) in [5.74, 6) is -0.970. The quantitative estimate of drug-likeness (QED) is 0.679. The molecule has 3 N–H and O–H groups in total. The Bertz CT molecular complexity index is 450. The van der Waals surface area contributed by atoms with Crippen molar-refractivity contribution in [1.29, 1.82) is 0 Å². The van der Waals surface area contributed by atoms with E-state index < -0.39 is 12.0 Å². The topological polar surface area (TPSA) is 89.9 Å². The van der Waals surface area contributed by atoms with Gasteiger partial charge >= 0.3 is 12.0 Å². The summed E-state index contributed by atoms with van der Waals surface area (Å²) in [6, 6.07) is 8.14. The first-order valence-electron chi connectivity index (χ1n) is 7.01. The highest BCUT2D eigenvalue weighted by atomic mass is 16.4. The SMILES string of the molecule is CCN(CCCO)C(=O)NC(CC(=O)O)c1ccccc1. The van der Waals surface area contributed by atoms with E-state index in [4.69, 9.17) is 10.2 Å². The van der Waals surface area contributed by atoms with Gasteiger partial charge in [-0.1, -0.05) is 30.3 Å². The lowest BCUT2D eigenvalue weighted by molar-refractivity contribution is -0.137. The Morgan fingerprint density at radius 1 is 1.29 bits per heavy atom. The summed E-state index contributed by atoms with van der Waals surface area (Å²) < 4.78 is 0. The maximum absolute atomic E-state index is 12.2. The standard InChI is InChI=1S/C15H22N2O4/c1-2-17(9-6-10-18)15(21)16-13(11-14(19)20)12-7-4-3-5-8-12/h3-5,7-8,13,18H,2,6,9-11H2,1H3,(H,16,21)(H,19,20). The second-order valence-electron chi connectivity index (χ2n) is 4.67. The number of carbonyl (C=O) groups excluding carboxylic acids is 1. The van der Waals surface area contributed by atoms with Crippen molar-refractivity contribution < 1.29 is 19.8 Å². The van der Waals surface area contributed by atoms with Crippen LogP contribution in [0.5, 0.6) is 0 Å². The molecule has 0 saturated heterocycles. The van der Waals surface area contributed by atoms with Gasteiger partial charge < -0.3 is 20.4 Å². The van der Waals surface area contributed by atoms with Crippen molar-refractivity contribution in [3.8, 4) is 0 Å². The van der Waals surface area contributed by atoms with Crippen LogP contribution in [-0.2, 0) is 4.79 Å². The van der Waals surface area contributed by atoms with Crippen molar-refractivity contribution in [2.45, 2.75) is 25.8 Å². The Morgan fingerprint density at radius 3 is 2.48 bits per heavy atom. The molecule has 6 heteroatoms. The van der Waals surface area contributed by atoms with Gasteiger partial charge in [0.1, 0.15) is 0 Å². The number of nitrogens with one attached hydrogen (secondary N) is 1. The van der Waals surface area contributed by atoms with Gasteiger partial charge in [0.15, 0.2) is 0 Å². The normalized spacial score (nSPS) is 11.7. The number of aliphatic hydroxyl groups excluding tert-OH is 1. The van der Waals surface area contributed by atoms with Crippen LogP contribution in [0.2, 0.25) is 0 Å². The minimum Gasteiger partial charge on any atom is -0.481 e. The van der Waals surface area contributed by atoms with E-state index >= 15 is 0 Å². The van der Waals surface area contributed by atoms with Crippen LogP contribution in [0, 0.1) is 0 Å². The molecule has 1 aromatic carbocycles. The summed E-state index contributed by atoms with van der Waals surface area (Å²) in [5.41, 5.74) is 0.756. The Balaban J connectivity index is 2.76. The van der Waals surface area contributed by atoms with Crippen LogP contribution in [-0.4, -0.2) is 46.8 Å². The van der Waals surface area contributed by atoms with Crippen molar-refractivity contribution in [3.05, 3.63) is 35.9 Å². The minimum absolute atomic E-state index is 0.0149. The maximum atomic E-state index is 12.2. The Morgan fingerprint density at radius 2 is 1.95 bits per heavy atom. The number of carboxylic acid groups (broad SMARTS) is 1. The number of carboxylic acids is 1. The fourth-order valence-corrected chi connectivity index (χ4v) is 2.02. The zero-order chi connectivity index (χ0) is 15.7. The van der Waals surface area contributed by atoms with Crippen LogP contribution in [0.4, 0.5) is 4.79 Å². The first kappa shape index (κ1) is 17.0. The molecule has 1 rings (SSSR count). The van der Waals surface area contributed by atoms with E-state index in [-0.39, 0.29) is 19.1 Å². The minimum atomic E-state index is -0.970. The lowest BCUT2D eigenvalue weighted by Gasteiger charge is -2.25. The van der Waals surface area contributed by atoms with Gasteiger partial charge in [0, 0.05) is 19.7 Å². The van der Waals surface area contributed by atoms with Crippen LogP contribution < -0.4 is 5.32 Å². The van der Waals surface area contributed by atoms with Gasteiger partial charge in [-0.25, -0.2) is 4.79 Å². The molecule has 2 amide bonds. The summed E-state index contributed by atoms with van der Waals surface area (Å²) in [4.78, 5) is 24.7. The van der Waals surface area contributed by atoms with Crippen LogP contribution in [0.3, 0.4) is 0 Å². The second kappa shape index (κ2) is 8.97. The molecule has 0 fully saturated rings. The summed E-state index contributed by atoms with van der Waals surface area (Å²) in [5, 5.41) is 20.6. The van der Waals surface area contributed by atoms with E-state index in [0.717, 1.165) is 5.56 Å². The zero-order valence-electron chi connectivity index (χ0n) is 12.2. The number of carbonyl (C=O) groups is 2. The van der Waals surface area contributed by atoms with Crippen molar-refractivity contribution in [2.75, 3.05) is 19.7 Å². The molecule has 0 saturated carbocycles. The number of urea groups is 1. The third-order valence-corrected chi connectivity index (χ3v) is 3.13. The monoisotopic (exact) mass is 294 g/mol. The van der Waals surface area contributed by atoms with Crippen LogP contribution in [0.25, 0.3) is 0 Å². The molecule has 1 atom stereocenters. The van der Waals surface area contributed by atoms with E-state index in [1.807, 2.05) is 13.0 Å². The highest BCUT2D eigenvalue weighted by molar-refractivity contribution is 5.76. The molecule has 0 aliphatic carbocycles. The molecule has 0 heterocycles. The highest BCUT2D eigenvalue weighted by Crippen LogP contribution is 2.17. The number of aliphatic hydroxyl groups is 1. The number of rotatable bonds is 8. The summed E-state index contributed by atoms with van der Waals surface area (Å²) in [6.45, 7) is 2.79. The Labute approximate surface area is 124 Å². The van der Waals surface area contributed by atoms with Gasteiger partial charge in [-0.3, -0.25) is 4.79 Å². The number of hydrogen-bond donors (Lipinski definition) is 3. The van der Waals surface area contributed by atoms with Crippen LogP contribution in [0.1, 0.15) is 31.4 Å². The first-order chi connectivity index (χ1) is 10.1. The molecule has 21 heavy (non-hydrogen) atoms. The van der Waals surface area contributed by atoms with Gasteiger partial charge in [0.05, 0.1) is 12.5 Å². The van der Waals surface area contributed by atoms with Crippen LogP contribution >= 0.6 is 0 Å². The molecule has 6 nitrogen and oxygen atoms in total. The second-order valence-corrected chi connectivity index (χ2v) is 4.67. The number of benzene rings is 1. The number of aliphatic carboxylic acids is 1. The molecule has 0 spiro atoms. The predicted molar refractivity (Wildman–Crippen MR) is 78.9 cm³/mol. The lowest BCUT2D eigenvalue weighted by Crippen LogP contribution is -2.42. The summed E-state index contributed by atoms with van der Waals surface area (Å²) >= 11 is 0. The average Bonchev–Trinajstić information content (AvgIpc) is 2.48. The van der Waals surface area contributed by atoms with E-state index in [1.165, 1.54) is 0 Å². The van der Waals surface area contributed by atoms with Gasteiger partial charge in [0.25, 0.3) is 0 Å². The molecule has 0 aliphatic rings. The lowest BCUT2D eigenvalue weighted by atomic mass is 10.0. The highest BCUT2D eigenvalue weighted by Gasteiger charge is 2.20. The van der Waals surface area contributed by atoms with Crippen molar-refractivity contribution in [3.63, 3.8) is 0 Å². The van der Waals surface area contributed by atoms with Gasteiger partial charge in [-0.2, -0.15) is 0 Å². The number of hydrogen-bond acceptors (Lipinski definition) is 3. The molecule has 1 unspecified atom stereocenters. The third-order valence-electron chi connectivity index (χ3n) is 3.13. The Kier molecular flexibility index (Phi) is 7.25. The third kappa shape index (κ3) is 5.83. The van der Waals surface area contributed by atoms with E-state index in [1.54, 1.807) is 29.2 Å². The molecule has 0 radical (unpaired) electrons. The fraction of sp³-hybridized carbons (Fsp3) is 0.467. The van der Waals surface area contributed by atoms with Crippen molar-refractivity contribution in [2.24, 2.45) is 0 Å². The first-order valence-corrected chi connectivity index (χ1v) is 7.01. The smallest absolute Gasteiger partial charge is 0.317 e. The summed E-state index contributed by atoms with van der Waals surface area (Å²) in [6.07, 6.45) is 0.323.